The Kier molecular flexibility index (Phi) is 4.75. The zero-order valence-corrected chi connectivity index (χ0v) is 12.1. The summed E-state index contributed by atoms with van der Waals surface area (Å²) in [5, 5.41) is 9.09. The van der Waals surface area contributed by atoms with Gasteiger partial charge < -0.3 is 4.74 Å². The van der Waals surface area contributed by atoms with Crippen LogP contribution in [0.2, 0.25) is 0 Å². The molecule has 1 aliphatic rings. The van der Waals surface area contributed by atoms with E-state index in [1.54, 1.807) is 14.0 Å². The number of carbonyl (C=O) groups excluding carboxylic acids is 1. The summed E-state index contributed by atoms with van der Waals surface area (Å²) in [6.07, 6.45) is 1.88. The Balaban J connectivity index is 1.98. The first-order valence-corrected chi connectivity index (χ1v) is 6.94. The second-order valence-corrected chi connectivity index (χ2v) is 5.31. The van der Waals surface area contributed by atoms with E-state index >= 15 is 0 Å². The monoisotopic (exact) mass is 272 g/mol. The summed E-state index contributed by atoms with van der Waals surface area (Å²) in [6, 6.07) is 7.88. The first-order valence-electron chi connectivity index (χ1n) is 6.94. The van der Waals surface area contributed by atoms with Gasteiger partial charge in [-0.2, -0.15) is 5.26 Å². The fourth-order valence-electron chi connectivity index (χ4n) is 2.70. The maximum absolute atomic E-state index is 11.3. The number of piperidine rings is 1. The molecule has 0 aliphatic carbocycles. The van der Waals surface area contributed by atoms with E-state index in [9.17, 15) is 4.79 Å². The highest BCUT2D eigenvalue weighted by molar-refractivity contribution is 5.78. The van der Waals surface area contributed by atoms with Crippen LogP contribution in [0, 0.1) is 17.2 Å². The van der Waals surface area contributed by atoms with E-state index in [2.05, 4.69) is 11.0 Å². The van der Waals surface area contributed by atoms with Crippen molar-refractivity contribution in [2.45, 2.75) is 26.3 Å². The molecule has 1 fully saturated rings. The third kappa shape index (κ3) is 3.37. The lowest BCUT2D eigenvalue weighted by Gasteiger charge is -2.30. The molecular formula is C16H20N2O2. The van der Waals surface area contributed by atoms with Gasteiger partial charge in [0.05, 0.1) is 12.7 Å². The summed E-state index contributed by atoms with van der Waals surface area (Å²) >= 11 is 0. The number of Topliss-reactive ketones (excluding diaryl/α,β-unsaturated/α-hetero) is 1. The highest BCUT2D eigenvalue weighted by Gasteiger charge is 2.22. The highest BCUT2D eigenvalue weighted by atomic mass is 16.5. The van der Waals surface area contributed by atoms with Gasteiger partial charge in [-0.3, -0.25) is 9.69 Å². The molecule has 0 amide bonds. The summed E-state index contributed by atoms with van der Waals surface area (Å²) in [5.41, 5.74) is 1.69. The summed E-state index contributed by atoms with van der Waals surface area (Å²) in [7, 11) is 1.57. The van der Waals surface area contributed by atoms with Crippen LogP contribution in [0.25, 0.3) is 0 Å². The number of hydrogen-bond donors (Lipinski definition) is 0. The minimum absolute atomic E-state index is 0.233. The van der Waals surface area contributed by atoms with Crippen molar-refractivity contribution >= 4 is 5.78 Å². The number of nitriles is 1. The van der Waals surface area contributed by atoms with Crippen molar-refractivity contribution in [2.75, 3.05) is 20.2 Å². The first kappa shape index (κ1) is 14.5. The van der Waals surface area contributed by atoms with Gasteiger partial charge in [0.1, 0.15) is 17.6 Å². The topological polar surface area (TPSA) is 53.3 Å². The third-order valence-corrected chi connectivity index (χ3v) is 3.95. The van der Waals surface area contributed by atoms with Gasteiger partial charge in [-0.25, -0.2) is 0 Å². The summed E-state index contributed by atoms with van der Waals surface area (Å²) < 4.78 is 5.15. The molecule has 1 aromatic rings. The van der Waals surface area contributed by atoms with Crippen LogP contribution in [0.15, 0.2) is 18.2 Å². The van der Waals surface area contributed by atoms with E-state index in [1.807, 2.05) is 18.2 Å². The summed E-state index contributed by atoms with van der Waals surface area (Å²) in [4.78, 5) is 13.7. The zero-order valence-electron chi connectivity index (χ0n) is 12.1. The van der Waals surface area contributed by atoms with Crippen LogP contribution in [0.3, 0.4) is 0 Å². The second-order valence-electron chi connectivity index (χ2n) is 5.31. The number of rotatable bonds is 4. The summed E-state index contributed by atoms with van der Waals surface area (Å²) in [6.45, 7) is 4.39. The molecule has 0 radical (unpaired) electrons. The van der Waals surface area contributed by atoms with Crippen molar-refractivity contribution in [3.8, 4) is 11.8 Å². The molecule has 2 rings (SSSR count). The summed E-state index contributed by atoms with van der Waals surface area (Å²) in [5.74, 6) is 1.16. The highest BCUT2D eigenvalue weighted by Crippen LogP contribution is 2.22. The standard InChI is InChI=1S/C16H20N2O2/c1-12(19)14-5-7-18(8-6-14)11-13-3-4-16(20-2)15(9-13)10-17/h3-4,9,14H,5-8,11H2,1-2H3. The molecular weight excluding hydrogens is 252 g/mol. The molecule has 0 atom stereocenters. The maximum Gasteiger partial charge on any atom is 0.136 e. The number of nitrogens with zero attached hydrogens (tertiary/aromatic N) is 2. The molecule has 0 spiro atoms. The number of ketones is 1. The predicted molar refractivity (Wildman–Crippen MR) is 76.4 cm³/mol. The van der Waals surface area contributed by atoms with Crippen molar-refractivity contribution in [1.29, 1.82) is 5.26 Å². The van der Waals surface area contributed by atoms with E-state index in [0.717, 1.165) is 38.0 Å². The normalized spacial score (nSPS) is 16.6. The average Bonchev–Trinajstić information content (AvgIpc) is 2.47. The second kappa shape index (κ2) is 6.53. The van der Waals surface area contributed by atoms with Crippen LogP contribution >= 0.6 is 0 Å². The largest absolute Gasteiger partial charge is 0.495 e. The Hall–Kier alpha value is -1.86. The molecule has 1 aromatic carbocycles. The molecule has 0 aromatic heterocycles. The van der Waals surface area contributed by atoms with Gasteiger partial charge in [-0.15, -0.1) is 0 Å². The number of likely N-dealkylation sites (tertiary alicyclic amines) is 1. The van der Waals surface area contributed by atoms with Crippen molar-refractivity contribution in [3.63, 3.8) is 0 Å². The van der Waals surface area contributed by atoms with Gasteiger partial charge in [0, 0.05) is 12.5 Å². The fourth-order valence-corrected chi connectivity index (χ4v) is 2.70. The number of ether oxygens (including phenoxy) is 1. The van der Waals surface area contributed by atoms with Gasteiger partial charge in [0.15, 0.2) is 0 Å². The van der Waals surface area contributed by atoms with Crippen molar-refractivity contribution in [2.24, 2.45) is 5.92 Å². The number of methoxy groups -OCH3 is 1. The van der Waals surface area contributed by atoms with Gasteiger partial charge in [0.25, 0.3) is 0 Å². The first-order chi connectivity index (χ1) is 9.63. The van der Waals surface area contributed by atoms with E-state index in [4.69, 9.17) is 10.00 Å². The van der Waals surface area contributed by atoms with Gasteiger partial charge in [0.2, 0.25) is 0 Å². The minimum Gasteiger partial charge on any atom is -0.495 e. The van der Waals surface area contributed by atoms with Crippen molar-refractivity contribution < 1.29 is 9.53 Å². The van der Waals surface area contributed by atoms with E-state index in [0.29, 0.717) is 17.1 Å². The Morgan fingerprint density at radius 2 is 2.15 bits per heavy atom. The van der Waals surface area contributed by atoms with Crippen molar-refractivity contribution in [3.05, 3.63) is 29.3 Å². The Morgan fingerprint density at radius 1 is 1.45 bits per heavy atom. The molecule has 1 aliphatic heterocycles. The third-order valence-electron chi connectivity index (χ3n) is 3.95. The molecule has 0 N–H and O–H groups in total. The van der Waals surface area contributed by atoms with Crippen molar-refractivity contribution in [1.82, 2.24) is 4.90 Å². The van der Waals surface area contributed by atoms with Gasteiger partial charge in [-0.05, 0) is 50.6 Å². The smallest absolute Gasteiger partial charge is 0.136 e. The quantitative estimate of drug-likeness (QED) is 0.844. The average molecular weight is 272 g/mol. The maximum atomic E-state index is 11.3. The van der Waals surface area contributed by atoms with Crippen LogP contribution in [0.5, 0.6) is 5.75 Å². The van der Waals surface area contributed by atoms with E-state index < -0.39 is 0 Å². The molecule has 4 heteroatoms. The number of benzene rings is 1. The number of carbonyl (C=O) groups is 1. The van der Waals surface area contributed by atoms with E-state index in [-0.39, 0.29) is 5.92 Å². The Labute approximate surface area is 120 Å². The van der Waals surface area contributed by atoms with Crippen LogP contribution in [-0.2, 0) is 11.3 Å². The van der Waals surface area contributed by atoms with Crippen LogP contribution in [0.4, 0.5) is 0 Å². The molecule has 20 heavy (non-hydrogen) atoms. The van der Waals surface area contributed by atoms with Crippen LogP contribution < -0.4 is 4.74 Å². The molecule has 1 saturated heterocycles. The minimum atomic E-state index is 0.233. The molecule has 4 nitrogen and oxygen atoms in total. The molecule has 0 unspecified atom stereocenters. The Bertz CT molecular complexity index is 526. The Morgan fingerprint density at radius 3 is 2.70 bits per heavy atom. The van der Waals surface area contributed by atoms with Gasteiger partial charge >= 0.3 is 0 Å². The fraction of sp³-hybridized carbons (Fsp3) is 0.500. The van der Waals surface area contributed by atoms with E-state index in [1.165, 1.54) is 0 Å². The number of hydrogen-bond acceptors (Lipinski definition) is 4. The van der Waals surface area contributed by atoms with Crippen LogP contribution in [-0.4, -0.2) is 30.9 Å². The van der Waals surface area contributed by atoms with Crippen LogP contribution in [0.1, 0.15) is 30.9 Å². The van der Waals surface area contributed by atoms with Gasteiger partial charge in [-0.1, -0.05) is 6.07 Å². The molecule has 0 saturated carbocycles. The molecule has 1 heterocycles. The lowest BCUT2D eigenvalue weighted by molar-refractivity contribution is -0.122. The zero-order chi connectivity index (χ0) is 14.5. The lowest BCUT2D eigenvalue weighted by atomic mass is 9.93. The molecule has 106 valence electrons. The lowest BCUT2D eigenvalue weighted by Crippen LogP contribution is -2.35. The molecule has 0 bridgehead atoms. The predicted octanol–water partition coefficient (Wildman–Crippen LogP) is 2.37. The SMILES string of the molecule is COc1ccc(CN2CCC(C(C)=O)CC2)cc1C#N.